The number of carbonyl (C=O) groups is 1. The molecule has 1 aliphatic rings. The summed E-state index contributed by atoms with van der Waals surface area (Å²) in [6.07, 6.45) is 6.16. The summed E-state index contributed by atoms with van der Waals surface area (Å²) >= 11 is 0. The van der Waals surface area contributed by atoms with Crippen molar-refractivity contribution in [3.05, 3.63) is 24.3 Å². The smallest absolute Gasteiger partial charge is 0.178 e. The normalized spacial score (nSPS) is 21.9. The summed E-state index contributed by atoms with van der Waals surface area (Å²) in [7, 11) is 0. The Balaban J connectivity index is 2.53. The first-order chi connectivity index (χ1) is 6.02. The number of rotatable bonds is 3. The highest BCUT2D eigenvalue weighted by molar-refractivity contribution is 6.00. The van der Waals surface area contributed by atoms with E-state index in [1.165, 1.54) is 24.3 Å². The Morgan fingerprint density at radius 3 is 2.46 bits per heavy atom. The van der Waals surface area contributed by atoms with Gasteiger partial charge in [-0.2, -0.15) is 0 Å². The first-order valence-corrected chi connectivity index (χ1v) is 4.35. The summed E-state index contributed by atoms with van der Waals surface area (Å²) in [5, 5.41) is 18.8. The number of carbonyl (C=O) groups excluding carboxylic acids is 1. The van der Waals surface area contributed by atoms with Crippen LogP contribution in [0.3, 0.4) is 0 Å². The molecule has 1 rings (SSSR count). The number of aliphatic hydroxyl groups excluding tert-OH is 1. The van der Waals surface area contributed by atoms with Crippen LogP contribution >= 0.6 is 0 Å². The summed E-state index contributed by atoms with van der Waals surface area (Å²) in [6, 6.07) is 0. The van der Waals surface area contributed by atoms with E-state index in [-0.39, 0.29) is 5.78 Å². The van der Waals surface area contributed by atoms with Gasteiger partial charge in [-0.15, -0.1) is 0 Å². The molecule has 2 N–H and O–H groups in total. The summed E-state index contributed by atoms with van der Waals surface area (Å²) in [6.45, 7) is 1.67. The van der Waals surface area contributed by atoms with E-state index in [9.17, 15) is 9.90 Å². The molecule has 0 aromatic rings. The molecule has 0 aromatic carbocycles. The molecule has 0 aliphatic heterocycles. The van der Waals surface area contributed by atoms with Gasteiger partial charge < -0.3 is 10.2 Å². The SMILES string of the molecule is C[C@@H](O)CCC1(O)C=CC(=O)C=C1. The molecule has 3 heteroatoms. The van der Waals surface area contributed by atoms with Crippen LogP contribution in [0.15, 0.2) is 24.3 Å². The van der Waals surface area contributed by atoms with Crippen molar-refractivity contribution in [2.75, 3.05) is 0 Å². The van der Waals surface area contributed by atoms with Gasteiger partial charge in [-0.25, -0.2) is 0 Å². The molecule has 0 fully saturated rings. The average Bonchev–Trinajstić information content (AvgIpc) is 2.08. The second-order valence-corrected chi connectivity index (χ2v) is 3.45. The Kier molecular flexibility index (Phi) is 3.01. The van der Waals surface area contributed by atoms with Crippen molar-refractivity contribution >= 4 is 5.78 Å². The predicted octanol–water partition coefficient (Wildman–Crippen LogP) is 0.574. The lowest BCUT2D eigenvalue weighted by atomic mass is 9.91. The fourth-order valence-electron chi connectivity index (χ4n) is 1.17. The van der Waals surface area contributed by atoms with Crippen LogP contribution in [0.4, 0.5) is 0 Å². The van der Waals surface area contributed by atoms with Crippen LogP contribution in [0, 0.1) is 0 Å². The molecule has 0 heterocycles. The third-order valence-electron chi connectivity index (χ3n) is 2.04. The molecule has 0 spiro atoms. The highest BCUT2D eigenvalue weighted by Gasteiger charge is 2.23. The summed E-state index contributed by atoms with van der Waals surface area (Å²) in [5.41, 5.74) is -1.05. The highest BCUT2D eigenvalue weighted by Crippen LogP contribution is 2.20. The third kappa shape index (κ3) is 3.13. The molecular weight excluding hydrogens is 168 g/mol. The zero-order valence-electron chi connectivity index (χ0n) is 7.60. The molecule has 13 heavy (non-hydrogen) atoms. The van der Waals surface area contributed by atoms with Gasteiger partial charge in [0.25, 0.3) is 0 Å². The van der Waals surface area contributed by atoms with E-state index in [4.69, 9.17) is 5.11 Å². The first kappa shape index (κ1) is 10.2. The van der Waals surface area contributed by atoms with Gasteiger partial charge in [0.15, 0.2) is 5.78 Å². The Hall–Kier alpha value is -0.930. The van der Waals surface area contributed by atoms with E-state index in [2.05, 4.69) is 0 Å². The van der Waals surface area contributed by atoms with Gasteiger partial charge >= 0.3 is 0 Å². The largest absolute Gasteiger partial charge is 0.393 e. The second-order valence-electron chi connectivity index (χ2n) is 3.45. The quantitative estimate of drug-likeness (QED) is 0.671. The Bertz CT molecular complexity index is 235. The van der Waals surface area contributed by atoms with Crippen molar-refractivity contribution in [1.29, 1.82) is 0 Å². The number of hydrogen-bond acceptors (Lipinski definition) is 3. The summed E-state index contributed by atoms with van der Waals surface area (Å²) < 4.78 is 0. The molecule has 0 amide bonds. The maximum atomic E-state index is 10.8. The standard InChI is InChI=1S/C10H14O3/c1-8(11)2-5-10(13)6-3-9(12)4-7-10/h3-4,6-8,11,13H,2,5H2,1H3/t8-/m1/s1. The minimum Gasteiger partial charge on any atom is -0.393 e. The topological polar surface area (TPSA) is 57.5 Å². The monoisotopic (exact) mass is 182 g/mol. The number of allylic oxidation sites excluding steroid dienone is 2. The minimum atomic E-state index is -1.05. The van der Waals surface area contributed by atoms with Crippen LogP contribution in [-0.2, 0) is 4.79 Å². The zero-order chi connectivity index (χ0) is 9.90. The van der Waals surface area contributed by atoms with Gasteiger partial charge in [0, 0.05) is 0 Å². The lowest BCUT2D eigenvalue weighted by molar-refractivity contribution is -0.110. The molecule has 0 radical (unpaired) electrons. The van der Waals surface area contributed by atoms with E-state index < -0.39 is 11.7 Å². The Morgan fingerprint density at radius 1 is 1.46 bits per heavy atom. The summed E-state index contributed by atoms with van der Waals surface area (Å²) in [5.74, 6) is -0.110. The Labute approximate surface area is 77.4 Å². The van der Waals surface area contributed by atoms with E-state index in [0.29, 0.717) is 12.8 Å². The molecule has 0 bridgehead atoms. The third-order valence-corrected chi connectivity index (χ3v) is 2.04. The van der Waals surface area contributed by atoms with Gasteiger partial charge in [-0.3, -0.25) is 4.79 Å². The highest BCUT2D eigenvalue weighted by atomic mass is 16.3. The molecular formula is C10H14O3. The van der Waals surface area contributed by atoms with E-state index in [0.717, 1.165) is 0 Å². The molecule has 0 unspecified atom stereocenters. The molecule has 72 valence electrons. The van der Waals surface area contributed by atoms with Crippen LogP contribution in [0.5, 0.6) is 0 Å². The van der Waals surface area contributed by atoms with Crippen LogP contribution in [0.1, 0.15) is 19.8 Å². The van der Waals surface area contributed by atoms with Crippen molar-refractivity contribution in [1.82, 2.24) is 0 Å². The minimum absolute atomic E-state index is 0.110. The fourth-order valence-corrected chi connectivity index (χ4v) is 1.17. The van der Waals surface area contributed by atoms with Gasteiger partial charge in [0.2, 0.25) is 0 Å². The van der Waals surface area contributed by atoms with Crippen LogP contribution < -0.4 is 0 Å². The molecule has 0 aromatic heterocycles. The van der Waals surface area contributed by atoms with Crippen molar-refractivity contribution in [3.63, 3.8) is 0 Å². The first-order valence-electron chi connectivity index (χ1n) is 4.35. The lowest BCUT2D eigenvalue weighted by Gasteiger charge is -2.22. The molecule has 0 saturated heterocycles. The average molecular weight is 182 g/mol. The van der Waals surface area contributed by atoms with E-state index in [1.807, 2.05) is 0 Å². The molecule has 0 saturated carbocycles. The van der Waals surface area contributed by atoms with E-state index >= 15 is 0 Å². The van der Waals surface area contributed by atoms with Gasteiger partial charge in [-0.05, 0) is 44.1 Å². The number of aliphatic hydroxyl groups is 2. The van der Waals surface area contributed by atoms with Crippen molar-refractivity contribution < 1.29 is 15.0 Å². The maximum Gasteiger partial charge on any atom is 0.178 e. The molecule has 1 atom stereocenters. The molecule has 3 nitrogen and oxygen atoms in total. The van der Waals surface area contributed by atoms with Crippen LogP contribution in [-0.4, -0.2) is 27.7 Å². The van der Waals surface area contributed by atoms with E-state index in [1.54, 1.807) is 6.92 Å². The van der Waals surface area contributed by atoms with Crippen LogP contribution in [0.2, 0.25) is 0 Å². The zero-order valence-corrected chi connectivity index (χ0v) is 7.60. The van der Waals surface area contributed by atoms with Crippen LogP contribution in [0.25, 0.3) is 0 Å². The number of ketones is 1. The predicted molar refractivity (Wildman–Crippen MR) is 49.2 cm³/mol. The lowest BCUT2D eigenvalue weighted by Crippen LogP contribution is -2.26. The maximum absolute atomic E-state index is 10.8. The van der Waals surface area contributed by atoms with Gasteiger partial charge in [0.05, 0.1) is 6.10 Å². The van der Waals surface area contributed by atoms with Gasteiger partial charge in [0.1, 0.15) is 5.60 Å². The second kappa shape index (κ2) is 3.85. The molecule has 1 aliphatic carbocycles. The van der Waals surface area contributed by atoms with Gasteiger partial charge in [-0.1, -0.05) is 0 Å². The van der Waals surface area contributed by atoms with Crippen molar-refractivity contribution in [2.45, 2.75) is 31.5 Å². The van der Waals surface area contributed by atoms with Crippen molar-refractivity contribution in [2.24, 2.45) is 0 Å². The Morgan fingerprint density at radius 2 is 2.00 bits per heavy atom. The fraction of sp³-hybridized carbons (Fsp3) is 0.500. The van der Waals surface area contributed by atoms with Crippen molar-refractivity contribution in [3.8, 4) is 0 Å². The summed E-state index contributed by atoms with van der Waals surface area (Å²) in [4.78, 5) is 10.8. The number of hydrogen-bond donors (Lipinski definition) is 2.